The van der Waals surface area contributed by atoms with Crippen LogP contribution in [-0.2, 0) is 9.47 Å². The first-order valence-electron chi connectivity index (χ1n) is 4.98. The molecule has 0 atom stereocenters. The topological polar surface area (TPSA) is 21.7 Å². The van der Waals surface area contributed by atoms with Crippen LogP contribution in [0.5, 0.6) is 0 Å². The Hall–Kier alpha value is -0.560. The van der Waals surface area contributed by atoms with Crippen molar-refractivity contribution in [2.45, 2.75) is 12.8 Å². The standard InChI is InChI=1S/C11H21NO2/c1-4-5-6-7-12(8-10-13-2)9-11-14-3/h1H,5-11H2,2-3H3. The first-order valence-corrected chi connectivity index (χ1v) is 4.98. The molecule has 0 heterocycles. The van der Waals surface area contributed by atoms with E-state index in [0.717, 1.165) is 45.7 Å². The van der Waals surface area contributed by atoms with Crippen LogP contribution >= 0.6 is 0 Å². The Bertz CT molecular complexity index is 146. The third-order valence-electron chi connectivity index (χ3n) is 2.02. The average Bonchev–Trinajstić information content (AvgIpc) is 2.21. The van der Waals surface area contributed by atoms with Crippen molar-refractivity contribution in [1.29, 1.82) is 0 Å². The molecular weight excluding hydrogens is 178 g/mol. The highest BCUT2D eigenvalue weighted by Gasteiger charge is 2.02. The molecule has 14 heavy (non-hydrogen) atoms. The molecule has 0 aliphatic rings. The van der Waals surface area contributed by atoms with Gasteiger partial charge >= 0.3 is 0 Å². The lowest BCUT2D eigenvalue weighted by atomic mass is 10.3. The summed E-state index contributed by atoms with van der Waals surface area (Å²) in [6, 6.07) is 0. The molecule has 0 aliphatic heterocycles. The van der Waals surface area contributed by atoms with Gasteiger partial charge in [0, 0.05) is 33.7 Å². The van der Waals surface area contributed by atoms with Gasteiger partial charge < -0.3 is 9.47 Å². The van der Waals surface area contributed by atoms with Crippen molar-refractivity contribution in [3.63, 3.8) is 0 Å². The van der Waals surface area contributed by atoms with E-state index in [4.69, 9.17) is 15.9 Å². The van der Waals surface area contributed by atoms with Crippen LogP contribution in [0.15, 0.2) is 0 Å². The molecule has 0 aromatic carbocycles. The van der Waals surface area contributed by atoms with E-state index in [0.29, 0.717) is 0 Å². The van der Waals surface area contributed by atoms with E-state index in [-0.39, 0.29) is 0 Å². The molecule has 0 amide bonds. The summed E-state index contributed by atoms with van der Waals surface area (Å²) in [6.45, 7) is 4.45. The van der Waals surface area contributed by atoms with Crippen LogP contribution in [0.3, 0.4) is 0 Å². The Morgan fingerprint density at radius 1 is 1.07 bits per heavy atom. The maximum Gasteiger partial charge on any atom is 0.0589 e. The van der Waals surface area contributed by atoms with Crippen LogP contribution in [-0.4, -0.2) is 52.0 Å². The molecule has 3 nitrogen and oxygen atoms in total. The van der Waals surface area contributed by atoms with Gasteiger partial charge in [-0.3, -0.25) is 4.90 Å². The summed E-state index contributed by atoms with van der Waals surface area (Å²) >= 11 is 0. The summed E-state index contributed by atoms with van der Waals surface area (Å²) in [6.07, 6.45) is 7.09. The minimum absolute atomic E-state index is 0.764. The Kier molecular flexibility index (Phi) is 10.1. The quantitative estimate of drug-likeness (QED) is 0.408. The molecule has 0 fully saturated rings. The van der Waals surface area contributed by atoms with Gasteiger partial charge in [0.05, 0.1) is 13.2 Å². The van der Waals surface area contributed by atoms with Crippen molar-refractivity contribution < 1.29 is 9.47 Å². The van der Waals surface area contributed by atoms with Crippen LogP contribution < -0.4 is 0 Å². The highest BCUT2D eigenvalue weighted by Crippen LogP contribution is 1.94. The lowest BCUT2D eigenvalue weighted by Gasteiger charge is -2.20. The number of nitrogens with zero attached hydrogens (tertiary/aromatic N) is 1. The van der Waals surface area contributed by atoms with Crippen LogP contribution in [0.25, 0.3) is 0 Å². The summed E-state index contributed by atoms with van der Waals surface area (Å²) in [4.78, 5) is 2.31. The normalized spacial score (nSPS) is 10.4. The predicted molar refractivity (Wildman–Crippen MR) is 58.3 cm³/mol. The Morgan fingerprint density at radius 3 is 2.07 bits per heavy atom. The fourth-order valence-electron chi connectivity index (χ4n) is 1.18. The maximum absolute atomic E-state index is 5.20. The fraction of sp³-hybridized carbons (Fsp3) is 0.818. The van der Waals surface area contributed by atoms with E-state index in [1.54, 1.807) is 14.2 Å². The zero-order chi connectivity index (χ0) is 10.6. The summed E-state index contributed by atoms with van der Waals surface area (Å²) in [5.41, 5.74) is 0. The third kappa shape index (κ3) is 8.06. The van der Waals surface area contributed by atoms with Crippen LogP contribution in [0.2, 0.25) is 0 Å². The maximum atomic E-state index is 5.20. The smallest absolute Gasteiger partial charge is 0.0589 e. The number of terminal acetylenes is 1. The molecule has 0 saturated carbocycles. The van der Waals surface area contributed by atoms with Crippen LogP contribution in [0, 0.1) is 12.3 Å². The van der Waals surface area contributed by atoms with E-state index in [2.05, 4.69) is 10.8 Å². The first-order chi connectivity index (χ1) is 6.85. The van der Waals surface area contributed by atoms with Crippen molar-refractivity contribution in [2.24, 2.45) is 0 Å². The molecule has 0 aliphatic carbocycles. The van der Waals surface area contributed by atoms with Crippen molar-refractivity contribution in [3.05, 3.63) is 0 Å². The first kappa shape index (κ1) is 13.4. The Morgan fingerprint density at radius 2 is 1.64 bits per heavy atom. The van der Waals surface area contributed by atoms with Crippen molar-refractivity contribution >= 4 is 0 Å². The van der Waals surface area contributed by atoms with Gasteiger partial charge in [-0.2, -0.15) is 0 Å². The van der Waals surface area contributed by atoms with Gasteiger partial charge in [-0.05, 0) is 13.0 Å². The Balaban J connectivity index is 3.56. The summed E-state index contributed by atoms with van der Waals surface area (Å²) in [5.74, 6) is 2.65. The summed E-state index contributed by atoms with van der Waals surface area (Å²) in [7, 11) is 3.44. The second-order valence-electron chi connectivity index (χ2n) is 3.13. The van der Waals surface area contributed by atoms with E-state index < -0.39 is 0 Å². The summed E-state index contributed by atoms with van der Waals surface area (Å²) < 4.78 is 10.1. The molecule has 0 unspecified atom stereocenters. The molecule has 0 N–H and O–H groups in total. The van der Waals surface area contributed by atoms with Gasteiger partial charge in [-0.25, -0.2) is 0 Å². The molecule has 0 radical (unpaired) electrons. The van der Waals surface area contributed by atoms with Crippen molar-refractivity contribution in [3.8, 4) is 12.3 Å². The number of rotatable bonds is 9. The van der Waals surface area contributed by atoms with Gasteiger partial charge in [0.25, 0.3) is 0 Å². The van der Waals surface area contributed by atoms with Gasteiger partial charge in [-0.1, -0.05) is 0 Å². The molecule has 0 rings (SSSR count). The molecule has 0 aromatic rings. The molecule has 0 saturated heterocycles. The average molecular weight is 199 g/mol. The van der Waals surface area contributed by atoms with Gasteiger partial charge in [0.2, 0.25) is 0 Å². The van der Waals surface area contributed by atoms with Crippen molar-refractivity contribution in [1.82, 2.24) is 4.90 Å². The number of hydrogen-bond donors (Lipinski definition) is 0. The number of methoxy groups -OCH3 is 2. The molecule has 0 spiro atoms. The minimum Gasteiger partial charge on any atom is -0.383 e. The second-order valence-corrected chi connectivity index (χ2v) is 3.13. The van der Waals surface area contributed by atoms with E-state index >= 15 is 0 Å². The van der Waals surface area contributed by atoms with Gasteiger partial charge in [0.1, 0.15) is 0 Å². The Labute approximate surface area is 87.4 Å². The lowest BCUT2D eigenvalue weighted by Crippen LogP contribution is -2.31. The molecule has 82 valence electrons. The van der Waals surface area contributed by atoms with E-state index in [9.17, 15) is 0 Å². The SMILES string of the molecule is C#CCCCN(CCOC)CCOC. The van der Waals surface area contributed by atoms with Crippen LogP contribution in [0.1, 0.15) is 12.8 Å². The van der Waals surface area contributed by atoms with Gasteiger partial charge in [0.15, 0.2) is 0 Å². The third-order valence-corrected chi connectivity index (χ3v) is 2.02. The number of hydrogen-bond acceptors (Lipinski definition) is 3. The van der Waals surface area contributed by atoms with Crippen molar-refractivity contribution in [2.75, 3.05) is 47.1 Å². The van der Waals surface area contributed by atoms with E-state index in [1.807, 2.05) is 0 Å². The minimum atomic E-state index is 0.764. The van der Waals surface area contributed by atoms with Gasteiger partial charge in [-0.15, -0.1) is 12.3 Å². The lowest BCUT2D eigenvalue weighted by molar-refractivity contribution is 0.113. The second kappa shape index (κ2) is 10.5. The largest absolute Gasteiger partial charge is 0.383 e. The number of unbranched alkanes of at least 4 members (excludes halogenated alkanes) is 1. The molecule has 0 bridgehead atoms. The van der Waals surface area contributed by atoms with E-state index in [1.165, 1.54) is 0 Å². The highest BCUT2D eigenvalue weighted by atomic mass is 16.5. The zero-order valence-corrected chi connectivity index (χ0v) is 9.29. The predicted octanol–water partition coefficient (Wildman–Crippen LogP) is 0.995. The summed E-state index contributed by atoms with van der Waals surface area (Å²) in [5, 5.41) is 0. The zero-order valence-electron chi connectivity index (χ0n) is 9.29. The van der Waals surface area contributed by atoms with Crippen LogP contribution in [0.4, 0.5) is 0 Å². The number of ether oxygens (including phenoxy) is 2. The molecular formula is C11H21NO2. The fourth-order valence-corrected chi connectivity index (χ4v) is 1.18. The molecule has 3 heteroatoms. The highest BCUT2D eigenvalue weighted by molar-refractivity contribution is 4.83. The monoisotopic (exact) mass is 199 g/mol. The molecule has 0 aromatic heterocycles.